The Morgan fingerprint density at radius 3 is 2.70 bits per heavy atom. The second-order valence-corrected chi connectivity index (χ2v) is 7.47. The SMILES string of the molecule is CCOc1cccc(/C=C2\SC(=O)N(Cc3ccc(Cl)cc3Cl)C2=O)c1O. The van der Waals surface area contributed by atoms with Crippen LogP contribution in [0, 0.1) is 0 Å². The first kappa shape index (κ1) is 19.6. The van der Waals surface area contributed by atoms with E-state index in [4.69, 9.17) is 27.9 Å². The number of phenolic OH excluding ortho intramolecular Hbond substituents is 1. The monoisotopic (exact) mass is 423 g/mol. The van der Waals surface area contributed by atoms with Crippen LogP contribution in [0.4, 0.5) is 4.79 Å². The van der Waals surface area contributed by atoms with Crippen LogP contribution in [0.15, 0.2) is 41.3 Å². The van der Waals surface area contributed by atoms with Gasteiger partial charge in [0.2, 0.25) is 0 Å². The molecule has 1 saturated heterocycles. The van der Waals surface area contributed by atoms with Crippen molar-refractivity contribution >= 4 is 52.2 Å². The van der Waals surface area contributed by atoms with E-state index in [9.17, 15) is 14.7 Å². The summed E-state index contributed by atoms with van der Waals surface area (Å²) in [6, 6.07) is 9.86. The number of ether oxygens (including phenoxy) is 1. The summed E-state index contributed by atoms with van der Waals surface area (Å²) in [6.45, 7) is 2.25. The van der Waals surface area contributed by atoms with Crippen LogP contribution in [0.25, 0.3) is 6.08 Å². The van der Waals surface area contributed by atoms with E-state index >= 15 is 0 Å². The molecule has 2 amide bonds. The van der Waals surface area contributed by atoms with E-state index in [1.807, 2.05) is 0 Å². The van der Waals surface area contributed by atoms with Crippen molar-refractivity contribution in [1.82, 2.24) is 4.90 Å². The number of carbonyl (C=O) groups is 2. The molecule has 1 aliphatic heterocycles. The van der Waals surface area contributed by atoms with Gasteiger partial charge in [-0.05, 0) is 48.5 Å². The van der Waals surface area contributed by atoms with Crippen molar-refractivity contribution in [2.24, 2.45) is 0 Å². The van der Waals surface area contributed by atoms with Crippen molar-refractivity contribution in [2.45, 2.75) is 13.5 Å². The van der Waals surface area contributed by atoms with Gasteiger partial charge in [0.05, 0.1) is 18.1 Å². The van der Waals surface area contributed by atoms with E-state index in [2.05, 4.69) is 0 Å². The Bertz CT molecular complexity index is 945. The first-order valence-corrected chi connectivity index (χ1v) is 9.62. The van der Waals surface area contributed by atoms with Crippen LogP contribution in [0.1, 0.15) is 18.1 Å². The summed E-state index contributed by atoms with van der Waals surface area (Å²) >= 11 is 12.8. The molecule has 1 aliphatic rings. The zero-order valence-electron chi connectivity index (χ0n) is 14.2. The maximum atomic E-state index is 12.7. The van der Waals surface area contributed by atoms with Crippen molar-refractivity contribution in [3.63, 3.8) is 0 Å². The summed E-state index contributed by atoms with van der Waals surface area (Å²) in [7, 11) is 0. The Morgan fingerprint density at radius 1 is 1.22 bits per heavy atom. The molecule has 2 aromatic rings. The van der Waals surface area contributed by atoms with Gasteiger partial charge in [-0.1, -0.05) is 41.4 Å². The second kappa shape index (κ2) is 8.25. The molecule has 3 rings (SSSR count). The van der Waals surface area contributed by atoms with Gasteiger partial charge in [0.25, 0.3) is 11.1 Å². The maximum Gasteiger partial charge on any atom is 0.293 e. The van der Waals surface area contributed by atoms with Crippen LogP contribution in [-0.4, -0.2) is 27.8 Å². The van der Waals surface area contributed by atoms with E-state index < -0.39 is 11.1 Å². The highest BCUT2D eigenvalue weighted by Crippen LogP contribution is 2.37. The van der Waals surface area contributed by atoms with Crippen LogP contribution in [-0.2, 0) is 11.3 Å². The third-order valence-electron chi connectivity index (χ3n) is 3.83. The number of para-hydroxylation sites is 1. The number of hydrogen-bond donors (Lipinski definition) is 1. The quantitative estimate of drug-likeness (QED) is 0.657. The second-order valence-electron chi connectivity index (χ2n) is 5.63. The molecule has 140 valence electrons. The molecule has 0 aliphatic carbocycles. The molecule has 1 fully saturated rings. The summed E-state index contributed by atoms with van der Waals surface area (Å²) in [5.41, 5.74) is 1.02. The fourth-order valence-corrected chi connectivity index (χ4v) is 3.82. The molecule has 0 spiro atoms. The van der Waals surface area contributed by atoms with Gasteiger partial charge in [-0.3, -0.25) is 14.5 Å². The van der Waals surface area contributed by atoms with E-state index in [0.29, 0.717) is 33.5 Å². The van der Waals surface area contributed by atoms with Crippen LogP contribution in [0.2, 0.25) is 10.0 Å². The summed E-state index contributed by atoms with van der Waals surface area (Å²) < 4.78 is 5.34. The van der Waals surface area contributed by atoms with Crippen LogP contribution in [0.3, 0.4) is 0 Å². The first-order chi connectivity index (χ1) is 12.9. The molecule has 1 heterocycles. The summed E-state index contributed by atoms with van der Waals surface area (Å²) in [6.07, 6.45) is 1.48. The van der Waals surface area contributed by atoms with Gasteiger partial charge in [0.15, 0.2) is 11.5 Å². The largest absolute Gasteiger partial charge is 0.504 e. The highest BCUT2D eigenvalue weighted by molar-refractivity contribution is 8.18. The van der Waals surface area contributed by atoms with E-state index in [1.54, 1.807) is 43.3 Å². The van der Waals surface area contributed by atoms with Crippen molar-refractivity contribution in [2.75, 3.05) is 6.61 Å². The predicted octanol–water partition coefficient (Wildman–Crippen LogP) is 5.33. The van der Waals surface area contributed by atoms with Crippen molar-refractivity contribution in [1.29, 1.82) is 0 Å². The molecular weight excluding hydrogens is 409 g/mol. The van der Waals surface area contributed by atoms with Crippen LogP contribution in [0.5, 0.6) is 11.5 Å². The summed E-state index contributed by atoms with van der Waals surface area (Å²) in [5, 5.41) is 10.7. The van der Waals surface area contributed by atoms with E-state index in [-0.39, 0.29) is 17.2 Å². The van der Waals surface area contributed by atoms with Gasteiger partial charge >= 0.3 is 0 Å². The number of nitrogens with zero attached hydrogens (tertiary/aromatic N) is 1. The number of aromatic hydroxyl groups is 1. The summed E-state index contributed by atoms with van der Waals surface area (Å²) in [4.78, 5) is 26.3. The average Bonchev–Trinajstić information content (AvgIpc) is 2.88. The van der Waals surface area contributed by atoms with Crippen LogP contribution >= 0.6 is 35.0 Å². The molecule has 0 aromatic heterocycles. The zero-order chi connectivity index (χ0) is 19.6. The minimum absolute atomic E-state index is 0.0446. The van der Waals surface area contributed by atoms with Crippen molar-refractivity contribution < 1.29 is 19.4 Å². The van der Waals surface area contributed by atoms with E-state index in [0.717, 1.165) is 16.7 Å². The number of rotatable bonds is 5. The van der Waals surface area contributed by atoms with E-state index in [1.165, 1.54) is 6.08 Å². The first-order valence-electron chi connectivity index (χ1n) is 8.04. The Kier molecular flexibility index (Phi) is 5.99. The maximum absolute atomic E-state index is 12.7. The van der Waals surface area contributed by atoms with Gasteiger partial charge < -0.3 is 9.84 Å². The van der Waals surface area contributed by atoms with Gasteiger partial charge in [-0.2, -0.15) is 0 Å². The summed E-state index contributed by atoms with van der Waals surface area (Å²) in [5.74, 6) is -0.206. The number of imide groups is 1. The Balaban J connectivity index is 1.86. The number of amides is 2. The van der Waals surface area contributed by atoms with Gasteiger partial charge in [0.1, 0.15) is 0 Å². The van der Waals surface area contributed by atoms with Crippen LogP contribution < -0.4 is 4.74 Å². The highest BCUT2D eigenvalue weighted by Gasteiger charge is 2.35. The minimum atomic E-state index is -0.447. The number of benzene rings is 2. The molecule has 0 radical (unpaired) electrons. The third kappa shape index (κ3) is 4.24. The molecule has 0 saturated carbocycles. The average molecular weight is 424 g/mol. The molecule has 2 aromatic carbocycles. The molecule has 27 heavy (non-hydrogen) atoms. The number of halogens is 2. The predicted molar refractivity (Wildman–Crippen MR) is 107 cm³/mol. The molecule has 1 N–H and O–H groups in total. The van der Waals surface area contributed by atoms with Gasteiger partial charge in [-0.15, -0.1) is 0 Å². The highest BCUT2D eigenvalue weighted by atomic mass is 35.5. The lowest BCUT2D eigenvalue weighted by Gasteiger charge is -2.13. The smallest absolute Gasteiger partial charge is 0.293 e. The lowest BCUT2D eigenvalue weighted by molar-refractivity contribution is -0.123. The normalized spacial score (nSPS) is 15.7. The number of hydrogen-bond acceptors (Lipinski definition) is 5. The Hall–Kier alpha value is -2.15. The topological polar surface area (TPSA) is 66.8 Å². The standard InChI is InChI=1S/C19H15Cl2NO4S/c1-2-26-15-5-3-4-11(17(15)23)8-16-18(24)22(19(25)27-16)10-12-6-7-13(20)9-14(12)21/h3-9,23H,2,10H2,1H3/b16-8-. The van der Waals surface area contributed by atoms with Gasteiger partial charge in [-0.25, -0.2) is 0 Å². The van der Waals surface area contributed by atoms with Crippen molar-refractivity contribution in [3.8, 4) is 11.5 Å². The molecule has 8 heteroatoms. The zero-order valence-corrected chi connectivity index (χ0v) is 16.6. The number of phenols is 1. The molecule has 0 atom stereocenters. The van der Waals surface area contributed by atoms with Crippen molar-refractivity contribution in [3.05, 3.63) is 62.5 Å². The van der Waals surface area contributed by atoms with Gasteiger partial charge in [0, 0.05) is 15.6 Å². The molecular formula is C19H15Cl2NO4S. The Labute approximate surface area is 170 Å². The number of thioether (sulfide) groups is 1. The molecule has 0 unspecified atom stereocenters. The Morgan fingerprint density at radius 2 is 2.00 bits per heavy atom. The molecule has 0 bridgehead atoms. The lowest BCUT2D eigenvalue weighted by Crippen LogP contribution is -2.27. The molecule has 5 nitrogen and oxygen atoms in total. The third-order valence-corrected chi connectivity index (χ3v) is 5.33. The minimum Gasteiger partial charge on any atom is -0.504 e. The fourth-order valence-electron chi connectivity index (χ4n) is 2.53. The number of carbonyl (C=O) groups excluding carboxylic acids is 2. The fraction of sp³-hybridized carbons (Fsp3) is 0.158. The lowest BCUT2D eigenvalue weighted by atomic mass is 10.1.